The molecule has 0 spiro atoms. The normalized spacial score (nSPS) is 11.3. The maximum atomic E-state index is 10.1. The van der Waals surface area contributed by atoms with Crippen molar-refractivity contribution >= 4 is 17.9 Å². The van der Waals surface area contributed by atoms with Crippen LogP contribution in [0.4, 0.5) is 0 Å². The summed E-state index contributed by atoms with van der Waals surface area (Å²) in [6.45, 7) is 1.64. The second-order valence-electron chi connectivity index (χ2n) is 3.97. The van der Waals surface area contributed by atoms with Crippen LogP contribution in [-0.2, 0) is 14.4 Å². The number of rotatable bonds is 7. The minimum Gasteiger partial charge on any atom is -0.481 e. The highest BCUT2D eigenvalue weighted by Gasteiger charge is 2.11. The summed E-state index contributed by atoms with van der Waals surface area (Å²) in [6.07, 6.45) is 1.02. The third-order valence-electron chi connectivity index (χ3n) is 2.16. The molecule has 0 amide bonds. The van der Waals surface area contributed by atoms with E-state index in [-0.39, 0.29) is 18.9 Å². The summed E-state index contributed by atoms with van der Waals surface area (Å²) in [5, 5.41) is 24.6. The summed E-state index contributed by atoms with van der Waals surface area (Å²) in [5.41, 5.74) is 0. The fourth-order valence-electron chi connectivity index (χ4n) is 0.773. The van der Waals surface area contributed by atoms with E-state index in [4.69, 9.17) is 15.3 Å². The van der Waals surface area contributed by atoms with Crippen LogP contribution in [0.5, 0.6) is 0 Å². The minimum absolute atomic E-state index is 0.0628. The van der Waals surface area contributed by atoms with E-state index >= 15 is 0 Å². The van der Waals surface area contributed by atoms with Crippen molar-refractivity contribution in [2.24, 2.45) is 0 Å². The molecule has 1 unspecified atom stereocenters. The van der Waals surface area contributed by atoms with E-state index in [1.54, 1.807) is 25.9 Å². The van der Waals surface area contributed by atoms with Crippen molar-refractivity contribution in [1.29, 1.82) is 0 Å². The Morgan fingerprint density at radius 1 is 0.944 bits per heavy atom. The van der Waals surface area contributed by atoms with Crippen LogP contribution >= 0.6 is 0 Å². The molecule has 0 heterocycles. The molecule has 0 aromatic heterocycles. The number of nitrogens with zero attached hydrogens (tertiary/aromatic N) is 1. The third kappa shape index (κ3) is 14.4. The summed E-state index contributed by atoms with van der Waals surface area (Å²) >= 11 is 0. The Balaban J connectivity index is 0. The van der Waals surface area contributed by atoms with Gasteiger partial charge in [0.2, 0.25) is 0 Å². The zero-order chi connectivity index (χ0) is 14.7. The number of carbonyl (C=O) groups is 3. The lowest BCUT2D eigenvalue weighted by Gasteiger charge is -2.13. The van der Waals surface area contributed by atoms with Crippen molar-refractivity contribution in [2.45, 2.75) is 38.6 Å². The topological polar surface area (TPSA) is 115 Å². The molecule has 0 rings (SSSR count). The number of likely N-dealkylation sites (N-methyl/N-ethyl adjacent to an activating group) is 1. The standard InChI is InChI=1S/C6H10O4.C5H11NO2/c7-5(8)3-1-2-4-6(9)10;1-4(5(7)8)6(2)3/h1-4H2,(H,7,8)(H,9,10);4H,1-3H3,(H,7,8). The third-order valence-corrected chi connectivity index (χ3v) is 2.16. The average Bonchev–Trinajstić information content (AvgIpc) is 2.23. The van der Waals surface area contributed by atoms with Crippen LogP contribution in [0.25, 0.3) is 0 Å². The highest BCUT2D eigenvalue weighted by atomic mass is 16.4. The number of hydrogen-bond acceptors (Lipinski definition) is 4. The molecule has 3 N–H and O–H groups in total. The Bertz CT molecular complexity index is 261. The van der Waals surface area contributed by atoms with Gasteiger partial charge in [0.1, 0.15) is 6.04 Å². The first-order valence-corrected chi connectivity index (χ1v) is 5.51. The Kier molecular flexibility index (Phi) is 10.9. The smallest absolute Gasteiger partial charge is 0.320 e. The van der Waals surface area contributed by atoms with Gasteiger partial charge in [-0.3, -0.25) is 19.3 Å². The zero-order valence-electron chi connectivity index (χ0n) is 10.9. The lowest BCUT2D eigenvalue weighted by Crippen LogP contribution is -2.32. The first-order valence-electron chi connectivity index (χ1n) is 5.51. The van der Waals surface area contributed by atoms with Crippen molar-refractivity contribution in [3.8, 4) is 0 Å². The molecule has 0 aromatic rings. The molecule has 18 heavy (non-hydrogen) atoms. The van der Waals surface area contributed by atoms with Crippen LogP contribution in [-0.4, -0.2) is 58.3 Å². The molecular formula is C11H21NO6. The molecule has 7 heteroatoms. The number of carboxylic acids is 3. The monoisotopic (exact) mass is 263 g/mol. The van der Waals surface area contributed by atoms with Crippen LogP contribution in [0.15, 0.2) is 0 Å². The summed E-state index contributed by atoms with van der Waals surface area (Å²) in [5.74, 6) is -2.52. The number of unbranched alkanes of at least 4 members (excludes halogenated alkanes) is 1. The van der Waals surface area contributed by atoms with Crippen LogP contribution in [0.1, 0.15) is 32.6 Å². The Hall–Kier alpha value is -1.63. The lowest BCUT2D eigenvalue weighted by molar-refractivity contribution is -0.141. The summed E-state index contributed by atoms with van der Waals surface area (Å²) in [4.78, 5) is 31.5. The quantitative estimate of drug-likeness (QED) is 0.580. The molecule has 106 valence electrons. The summed E-state index contributed by atoms with van der Waals surface area (Å²) in [6, 6.07) is -0.380. The van der Waals surface area contributed by atoms with Crippen molar-refractivity contribution in [1.82, 2.24) is 4.90 Å². The first kappa shape index (κ1) is 18.7. The van der Waals surface area contributed by atoms with Gasteiger partial charge in [0.15, 0.2) is 0 Å². The second-order valence-corrected chi connectivity index (χ2v) is 3.97. The molecule has 0 aromatic carbocycles. The van der Waals surface area contributed by atoms with Gasteiger partial charge in [-0.05, 0) is 33.9 Å². The van der Waals surface area contributed by atoms with E-state index in [1.165, 1.54) is 0 Å². The highest BCUT2D eigenvalue weighted by Crippen LogP contribution is 1.98. The molecule has 0 bridgehead atoms. The van der Waals surface area contributed by atoms with Crippen molar-refractivity contribution in [3.05, 3.63) is 0 Å². The van der Waals surface area contributed by atoms with Crippen LogP contribution in [0, 0.1) is 0 Å². The zero-order valence-corrected chi connectivity index (χ0v) is 10.9. The van der Waals surface area contributed by atoms with Gasteiger partial charge in [0.25, 0.3) is 0 Å². The van der Waals surface area contributed by atoms with Gasteiger partial charge in [-0.1, -0.05) is 0 Å². The van der Waals surface area contributed by atoms with E-state index in [0.29, 0.717) is 12.8 Å². The molecule has 0 fully saturated rings. The Labute approximate surface area is 106 Å². The molecule has 0 aliphatic rings. The van der Waals surface area contributed by atoms with E-state index in [1.807, 2.05) is 0 Å². The Morgan fingerprint density at radius 3 is 1.39 bits per heavy atom. The van der Waals surface area contributed by atoms with Gasteiger partial charge in [0, 0.05) is 12.8 Å². The average molecular weight is 263 g/mol. The first-order chi connectivity index (χ1) is 8.18. The Morgan fingerprint density at radius 2 is 1.28 bits per heavy atom. The van der Waals surface area contributed by atoms with E-state index in [9.17, 15) is 14.4 Å². The molecule has 0 aliphatic heterocycles. The molecule has 0 saturated heterocycles. The minimum atomic E-state index is -0.870. The van der Waals surface area contributed by atoms with Gasteiger partial charge in [-0.2, -0.15) is 0 Å². The molecule has 0 aliphatic carbocycles. The largest absolute Gasteiger partial charge is 0.481 e. The maximum Gasteiger partial charge on any atom is 0.320 e. The van der Waals surface area contributed by atoms with Gasteiger partial charge in [-0.15, -0.1) is 0 Å². The fourth-order valence-corrected chi connectivity index (χ4v) is 0.773. The maximum absolute atomic E-state index is 10.1. The van der Waals surface area contributed by atoms with E-state index < -0.39 is 17.9 Å². The highest BCUT2D eigenvalue weighted by molar-refractivity contribution is 5.72. The van der Waals surface area contributed by atoms with Crippen LogP contribution in [0.3, 0.4) is 0 Å². The van der Waals surface area contributed by atoms with Gasteiger partial charge < -0.3 is 15.3 Å². The van der Waals surface area contributed by atoms with Crippen LogP contribution < -0.4 is 0 Å². The van der Waals surface area contributed by atoms with E-state index in [2.05, 4.69) is 0 Å². The van der Waals surface area contributed by atoms with Crippen molar-refractivity contribution in [2.75, 3.05) is 14.1 Å². The molecule has 7 nitrogen and oxygen atoms in total. The number of aliphatic carboxylic acids is 3. The molecule has 1 atom stereocenters. The molecule has 0 saturated carbocycles. The number of hydrogen-bond donors (Lipinski definition) is 3. The SMILES string of the molecule is CC(C(=O)O)N(C)C.O=C(O)CCCCC(=O)O. The van der Waals surface area contributed by atoms with Crippen LogP contribution in [0.2, 0.25) is 0 Å². The van der Waals surface area contributed by atoms with Gasteiger partial charge in [0.05, 0.1) is 0 Å². The lowest BCUT2D eigenvalue weighted by atomic mass is 10.2. The predicted octanol–water partition coefficient (Wildman–Crippen LogP) is 0.737. The van der Waals surface area contributed by atoms with Gasteiger partial charge in [-0.25, -0.2) is 0 Å². The summed E-state index contributed by atoms with van der Waals surface area (Å²) in [7, 11) is 3.47. The molecular weight excluding hydrogens is 242 g/mol. The number of carboxylic acid groups (broad SMARTS) is 3. The van der Waals surface area contributed by atoms with Gasteiger partial charge >= 0.3 is 17.9 Å². The van der Waals surface area contributed by atoms with E-state index in [0.717, 1.165) is 0 Å². The second kappa shape index (κ2) is 10.5. The fraction of sp³-hybridized carbons (Fsp3) is 0.727. The predicted molar refractivity (Wildman–Crippen MR) is 64.5 cm³/mol. The summed E-state index contributed by atoms with van der Waals surface area (Å²) < 4.78 is 0. The van der Waals surface area contributed by atoms with Crippen molar-refractivity contribution in [3.63, 3.8) is 0 Å². The molecule has 0 radical (unpaired) electrons. The van der Waals surface area contributed by atoms with Crippen molar-refractivity contribution < 1.29 is 29.7 Å².